The number of benzene rings is 1. The predicted molar refractivity (Wildman–Crippen MR) is 80.8 cm³/mol. The second kappa shape index (κ2) is 6.27. The van der Waals surface area contributed by atoms with E-state index in [2.05, 4.69) is 10.5 Å². The maximum absolute atomic E-state index is 12.9. The number of carbonyl (C=O) groups excluding carboxylic acids is 1. The Hall–Kier alpha value is -2.35. The molecule has 1 atom stereocenters. The predicted octanol–water partition coefficient (Wildman–Crippen LogP) is 2.80. The number of carbonyl (C=O) groups is 1. The van der Waals surface area contributed by atoms with Crippen LogP contribution in [-0.4, -0.2) is 11.1 Å². The first-order chi connectivity index (χ1) is 11.1. The van der Waals surface area contributed by atoms with E-state index in [1.165, 1.54) is 19.1 Å². The maximum atomic E-state index is 12.9. The van der Waals surface area contributed by atoms with Crippen molar-refractivity contribution in [1.82, 2.24) is 10.5 Å². The number of halogens is 3. The standard InChI is InChI=1S/C16H18F3N3O2/c1-9-13(10(2)24-22-9)8-21-15(3,14(20)23)11-5-4-6-12(7-11)16(17,18)19/h4-7,21H,8H2,1-3H3,(H2,20,23)/t15-/m0/s1. The first kappa shape index (κ1) is 18.0. The lowest BCUT2D eigenvalue weighted by molar-refractivity contribution is -0.138. The van der Waals surface area contributed by atoms with Crippen LogP contribution in [0.5, 0.6) is 0 Å². The first-order valence-electron chi connectivity index (χ1n) is 7.20. The molecule has 5 nitrogen and oxygen atoms in total. The van der Waals surface area contributed by atoms with E-state index in [1.807, 2.05) is 0 Å². The van der Waals surface area contributed by atoms with E-state index in [-0.39, 0.29) is 12.1 Å². The second-order valence-corrected chi connectivity index (χ2v) is 5.72. The molecule has 1 aromatic carbocycles. The van der Waals surface area contributed by atoms with Gasteiger partial charge in [-0.05, 0) is 38.5 Å². The van der Waals surface area contributed by atoms with Crippen LogP contribution in [-0.2, 0) is 23.1 Å². The highest BCUT2D eigenvalue weighted by atomic mass is 19.4. The van der Waals surface area contributed by atoms with Crippen LogP contribution in [0.2, 0.25) is 0 Å². The molecule has 0 spiro atoms. The highest BCUT2D eigenvalue weighted by Gasteiger charge is 2.36. The van der Waals surface area contributed by atoms with E-state index in [0.29, 0.717) is 11.5 Å². The molecule has 0 aliphatic carbocycles. The van der Waals surface area contributed by atoms with Crippen molar-refractivity contribution >= 4 is 5.91 Å². The smallest absolute Gasteiger partial charge is 0.368 e. The molecule has 0 saturated carbocycles. The number of aromatic nitrogens is 1. The summed E-state index contributed by atoms with van der Waals surface area (Å²) in [7, 11) is 0. The van der Waals surface area contributed by atoms with Crippen LogP contribution < -0.4 is 11.1 Å². The van der Waals surface area contributed by atoms with Crippen molar-refractivity contribution in [1.29, 1.82) is 0 Å². The van der Waals surface area contributed by atoms with E-state index >= 15 is 0 Å². The number of alkyl halides is 3. The molecule has 0 aliphatic heterocycles. The van der Waals surface area contributed by atoms with Crippen LogP contribution in [0.1, 0.15) is 35.1 Å². The van der Waals surface area contributed by atoms with Crippen molar-refractivity contribution < 1.29 is 22.5 Å². The van der Waals surface area contributed by atoms with E-state index in [0.717, 1.165) is 17.7 Å². The summed E-state index contributed by atoms with van der Waals surface area (Å²) < 4.78 is 43.8. The Labute approximate surface area is 137 Å². The third-order valence-electron chi connectivity index (χ3n) is 4.06. The Morgan fingerprint density at radius 1 is 1.29 bits per heavy atom. The SMILES string of the molecule is Cc1noc(C)c1CN[C@](C)(C(N)=O)c1cccc(C(F)(F)F)c1. The van der Waals surface area contributed by atoms with E-state index in [9.17, 15) is 18.0 Å². The number of rotatable bonds is 5. The Bertz CT molecular complexity index is 736. The van der Waals surface area contributed by atoms with E-state index in [4.69, 9.17) is 10.3 Å². The zero-order valence-corrected chi connectivity index (χ0v) is 13.5. The van der Waals surface area contributed by atoms with Crippen molar-refractivity contribution in [2.45, 2.75) is 39.0 Å². The summed E-state index contributed by atoms with van der Waals surface area (Å²) in [6, 6.07) is 4.54. The van der Waals surface area contributed by atoms with E-state index < -0.39 is 23.2 Å². The van der Waals surface area contributed by atoms with Gasteiger partial charge in [-0.2, -0.15) is 13.2 Å². The van der Waals surface area contributed by atoms with Crippen molar-refractivity contribution in [3.63, 3.8) is 0 Å². The Morgan fingerprint density at radius 2 is 1.92 bits per heavy atom. The van der Waals surface area contributed by atoms with Gasteiger partial charge in [0, 0.05) is 12.1 Å². The van der Waals surface area contributed by atoms with Gasteiger partial charge in [-0.1, -0.05) is 17.3 Å². The lowest BCUT2D eigenvalue weighted by atomic mass is 9.89. The molecule has 0 fully saturated rings. The van der Waals surface area contributed by atoms with Crippen LogP contribution in [0, 0.1) is 13.8 Å². The number of primary amides is 1. The number of aryl methyl sites for hydroxylation is 2. The summed E-state index contributed by atoms with van der Waals surface area (Å²) in [6.45, 7) is 5.07. The van der Waals surface area contributed by atoms with Gasteiger partial charge in [0.2, 0.25) is 5.91 Å². The quantitative estimate of drug-likeness (QED) is 0.876. The fourth-order valence-corrected chi connectivity index (χ4v) is 2.36. The third kappa shape index (κ3) is 3.43. The van der Waals surface area contributed by atoms with Gasteiger partial charge in [0.25, 0.3) is 0 Å². The monoisotopic (exact) mass is 341 g/mol. The topological polar surface area (TPSA) is 81.2 Å². The molecular formula is C16H18F3N3O2. The lowest BCUT2D eigenvalue weighted by Gasteiger charge is -2.28. The summed E-state index contributed by atoms with van der Waals surface area (Å²) in [5.74, 6) is -0.218. The maximum Gasteiger partial charge on any atom is 0.416 e. The molecule has 0 unspecified atom stereocenters. The molecular weight excluding hydrogens is 323 g/mol. The minimum absolute atomic E-state index is 0.136. The second-order valence-electron chi connectivity index (χ2n) is 5.72. The minimum atomic E-state index is -4.50. The molecule has 130 valence electrons. The van der Waals surface area contributed by atoms with Gasteiger partial charge >= 0.3 is 6.18 Å². The van der Waals surface area contributed by atoms with Crippen molar-refractivity contribution in [3.8, 4) is 0 Å². The van der Waals surface area contributed by atoms with Gasteiger partial charge < -0.3 is 10.3 Å². The average molecular weight is 341 g/mol. The third-order valence-corrected chi connectivity index (χ3v) is 4.06. The summed E-state index contributed by atoms with van der Waals surface area (Å²) in [5.41, 5.74) is 4.64. The number of amides is 1. The molecule has 8 heteroatoms. The van der Waals surface area contributed by atoms with Crippen LogP contribution in [0.25, 0.3) is 0 Å². The minimum Gasteiger partial charge on any atom is -0.368 e. The van der Waals surface area contributed by atoms with Crippen LogP contribution in [0.4, 0.5) is 13.2 Å². The van der Waals surface area contributed by atoms with Crippen molar-refractivity contribution in [3.05, 3.63) is 52.4 Å². The molecule has 2 rings (SSSR count). The summed E-state index contributed by atoms with van der Waals surface area (Å²) in [6.07, 6.45) is -4.50. The van der Waals surface area contributed by atoms with Crippen LogP contribution >= 0.6 is 0 Å². The summed E-state index contributed by atoms with van der Waals surface area (Å²) in [5, 5.41) is 6.73. The zero-order valence-electron chi connectivity index (χ0n) is 13.5. The van der Waals surface area contributed by atoms with Gasteiger partial charge in [-0.15, -0.1) is 0 Å². The fourth-order valence-electron chi connectivity index (χ4n) is 2.36. The molecule has 0 bridgehead atoms. The molecule has 1 heterocycles. The molecule has 0 aliphatic rings. The first-order valence-corrected chi connectivity index (χ1v) is 7.20. The highest BCUT2D eigenvalue weighted by molar-refractivity contribution is 5.85. The number of nitrogens with two attached hydrogens (primary N) is 1. The fraction of sp³-hybridized carbons (Fsp3) is 0.375. The van der Waals surface area contributed by atoms with Crippen molar-refractivity contribution in [2.24, 2.45) is 5.73 Å². The molecule has 0 saturated heterocycles. The van der Waals surface area contributed by atoms with Gasteiger partial charge in [0.15, 0.2) is 0 Å². The molecule has 2 aromatic rings. The molecule has 1 aromatic heterocycles. The number of nitrogens with one attached hydrogen (secondary N) is 1. The lowest BCUT2D eigenvalue weighted by Crippen LogP contribution is -2.50. The van der Waals surface area contributed by atoms with Gasteiger partial charge in [0.05, 0.1) is 11.3 Å². The summed E-state index contributed by atoms with van der Waals surface area (Å²) >= 11 is 0. The zero-order chi connectivity index (χ0) is 18.1. The van der Waals surface area contributed by atoms with Gasteiger partial charge in [0.1, 0.15) is 11.3 Å². The van der Waals surface area contributed by atoms with E-state index in [1.54, 1.807) is 13.8 Å². The Morgan fingerprint density at radius 3 is 2.42 bits per heavy atom. The van der Waals surface area contributed by atoms with Gasteiger partial charge in [-0.25, -0.2) is 0 Å². The molecule has 3 N–H and O–H groups in total. The largest absolute Gasteiger partial charge is 0.416 e. The Balaban J connectivity index is 2.36. The molecule has 1 amide bonds. The average Bonchev–Trinajstić information content (AvgIpc) is 2.82. The summed E-state index contributed by atoms with van der Waals surface area (Å²) in [4.78, 5) is 12.0. The van der Waals surface area contributed by atoms with Crippen LogP contribution in [0.15, 0.2) is 28.8 Å². The van der Waals surface area contributed by atoms with Gasteiger partial charge in [-0.3, -0.25) is 10.1 Å². The molecule has 24 heavy (non-hydrogen) atoms. The highest BCUT2D eigenvalue weighted by Crippen LogP contribution is 2.32. The normalized spacial score (nSPS) is 14.4. The van der Waals surface area contributed by atoms with Crippen LogP contribution in [0.3, 0.4) is 0 Å². The number of nitrogens with zero attached hydrogens (tertiary/aromatic N) is 1. The van der Waals surface area contributed by atoms with Crippen molar-refractivity contribution in [2.75, 3.05) is 0 Å². The Kier molecular flexibility index (Phi) is 4.70. The number of hydrogen-bond acceptors (Lipinski definition) is 4. The molecule has 0 radical (unpaired) electrons. The number of hydrogen-bond donors (Lipinski definition) is 2.